The summed E-state index contributed by atoms with van der Waals surface area (Å²) in [5.74, 6) is 0. The number of carbonyl (C=O) groups excluding carboxylic acids is 1. The number of nitrogens with zero attached hydrogens (tertiary/aromatic N) is 2. The van der Waals surface area contributed by atoms with E-state index in [1.54, 1.807) is 0 Å². The minimum atomic E-state index is -0.436. The van der Waals surface area contributed by atoms with Crippen LogP contribution < -0.4 is 10.6 Å². The second-order valence-corrected chi connectivity index (χ2v) is 7.35. The molecule has 0 aromatic carbocycles. The van der Waals surface area contributed by atoms with Gasteiger partial charge in [-0.05, 0) is 52.5 Å². The number of aryl methyl sites for hydroxylation is 1. The highest BCUT2D eigenvalue weighted by Gasteiger charge is 2.24. The molecule has 2 N–H and O–H groups in total. The van der Waals surface area contributed by atoms with Crippen molar-refractivity contribution >= 4 is 6.09 Å². The summed E-state index contributed by atoms with van der Waals surface area (Å²) in [6.07, 6.45) is 6.71. The number of rotatable bonds is 5. The van der Waals surface area contributed by atoms with E-state index in [-0.39, 0.29) is 12.1 Å². The van der Waals surface area contributed by atoms with Gasteiger partial charge >= 0.3 is 6.09 Å². The molecule has 23 heavy (non-hydrogen) atoms. The van der Waals surface area contributed by atoms with Gasteiger partial charge < -0.3 is 15.4 Å². The van der Waals surface area contributed by atoms with Gasteiger partial charge in [-0.25, -0.2) is 4.79 Å². The van der Waals surface area contributed by atoms with Crippen LogP contribution in [-0.4, -0.2) is 40.1 Å². The molecule has 0 radical (unpaired) electrons. The van der Waals surface area contributed by atoms with Crippen molar-refractivity contribution in [3.8, 4) is 0 Å². The lowest BCUT2D eigenvalue weighted by molar-refractivity contribution is 0.0490. The standard InChI is InChI=1S/C17H30N4O2/c1-17(2,3)23-16(22)20-14-7-5-13(6-8-14)18-11-9-15-10-12-19-21(15)4/h10,12-14,18H,5-9,11H2,1-4H3,(H,20,22). The Morgan fingerprint density at radius 3 is 2.52 bits per heavy atom. The normalized spacial score (nSPS) is 21.9. The topological polar surface area (TPSA) is 68.2 Å². The third-order valence-electron chi connectivity index (χ3n) is 4.18. The van der Waals surface area contributed by atoms with Gasteiger partial charge in [0.25, 0.3) is 0 Å². The predicted octanol–water partition coefficient (Wildman–Crippen LogP) is 2.39. The minimum absolute atomic E-state index is 0.236. The molecule has 0 spiro atoms. The lowest BCUT2D eigenvalue weighted by Crippen LogP contribution is -2.44. The number of nitrogens with one attached hydrogen (secondary N) is 2. The van der Waals surface area contributed by atoms with E-state index >= 15 is 0 Å². The number of aromatic nitrogens is 2. The van der Waals surface area contributed by atoms with Gasteiger partial charge in [-0.3, -0.25) is 4.68 Å². The van der Waals surface area contributed by atoms with Crippen LogP contribution in [0.1, 0.15) is 52.1 Å². The Morgan fingerprint density at radius 2 is 1.96 bits per heavy atom. The van der Waals surface area contributed by atoms with Crippen molar-refractivity contribution in [1.82, 2.24) is 20.4 Å². The van der Waals surface area contributed by atoms with Crippen LogP contribution >= 0.6 is 0 Å². The molecule has 1 heterocycles. The van der Waals surface area contributed by atoms with Crippen molar-refractivity contribution < 1.29 is 9.53 Å². The molecule has 1 aromatic heterocycles. The molecule has 1 aliphatic rings. The van der Waals surface area contributed by atoms with Crippen molar-refractivity contribution in [3.63, 3.8) is 0 Å². The van der Waals surface area contributed by atoms with Crippen LogP contribution in [-0.2, 0) is 18.2 Å². The van der Waals surface area contributed by atoms with Gasteiger partial charge in [0.2, 0.25) is 0 Å². The second-order valence-electron chi connectivity index (χ2n) is 7.35. The largest absolute Gasteiger partial charge is 0.444 e. The Labute approximate surface area is 139 Å². The monoisotopic (exact) mass is 322 g/mol. The first-order valence-electron chi connectivity index (χ1n) is 8.53. The zero-order chi connectivity index (χ0) is 16.9. The van der Waals surface area contributed by atoms with E-state index in [0.717, 1.165) is 38.6 Å². The summed E-state index contributed by atoms with van der Waals surface area (Å²) in [7, 11) is 1.98. The zero-order valence-electron chi connectivity index (χ0n) is 14.8. The van der Waals surface area contributed by atoms with E-state index in [1.165, 1.54) is 5.69 Å². The van der Waals surface area contributed by atoms with Crippen molar-refractivity contribution in [2.75, 3.05) is 6.54 Å². The Morgan fingerprint density at radius 1 is 1.30 bits per heavy atom. The second kappa shape index (κ2) is 7.81. The average Bonchev–Trinajstić information content (AvgIpc) is 2.84. The van der Waals surface area contributed by atoms with Gasteiger partial charge in [-0.15, -0.1) is 0 Å². The fourth-order valence-electron chi connectivity index (χ4n) is 2.97. The number of carbonyl (C=O) groups is 1. The summed E-state index contributed by atoms with van der Waals surface area (Å²) >= 11 is 0. The maximum Gasteiger partial charge on any atom is 0.407 e. The fourth-order valence-corrected chi connectivity index (χ4v) is 2.97. The lowest BCUT2D eigenvalue weighted by Gasteiger charge is -2.30. The van der Waals surface area contributed by atoms with E-state index in [4.69, 9.17) is 4.74 Å². The smallest absolute Gasteiger partial charge is 0.407 e. The highest BCUT2D eigenvalue weighted by molar-refractivity contribution is 5.68. The molecule has 1 amide bonds. The van der Waals surface area contributed by atoms with E-state index < -0.39 is 5.60 Å². The van der Waals surface area contributed by atoms with Gasteiger partial charge in [0, 0.05) is 44.0 Å². The fraction of sp³-hybridized carbons (Fsp3) is 0.765. The number of hydrogen-bond acceptors (Lipinski definition) is 4. The van der Waals surface area contributed by atoms with Gasteiger partial charge in [0.15, 0.2) is 0 Å². The highest BCUT2D eigenvalue weighted by atomic mass is 16.6. The molecular weight excluding hydrogens is 292 g/mol. The molecule has 0 unspecified atom stereocenters. The van der Waals surface area contributed by atoms with Crippen LogP contribution in [0.5, 0.6) is 0 Å². The molecule has 1 aliphatic carbocycles. The third kappa shape index (κ3) is 6.22. The summed E-state index contributed by atoms with van der Waals surface area (Å²) < 4.78 is 7.23. The zero-order valence-corrected chi connectivity index (χ0v) is 14.8. The molecule has 0 aliphatic heterocycles. The maximum atomic E-state index is 11.8. The maximum absolute atomic E-state index is 11.8. The third-order valence-corrected chi connectivity index (χ3v) is 4.18. The van der Waals surface area contributed by atoms with E-state index in [9.17, 15) is 4.79 Å². The number of alkyl carbamates (subject to hydrolysis) is 1. The van der Waals surface area contributed by atoms with Crippen LogP contribution in [0, 0.1) is 0 Å². The van der Waals surface area contributed by atoms with Gasteiger partial charge in [-0.2, -0.15) is 5.10 Å². The molecule has 1 saturated carbocycles. The molecule has 6 heteroatoms. The van der Waals surface area contributed by atoms with E-state index in [0.29, 0.717) is 6.04 Å². The Bertz CT molecular complexity index is 499. The molecule has 2 rings (SSSR count). The molecule has 130 valence electrons. The van der Waals surface area contributed by atoms with Gasteiger partial charge in [0.05, 0.1) is 0 Å². The quantitative estimate of drug-likeness (QED) is 0.873. The molecule has 6 nitrogen and oxygen atoms in total. The highest BCUT2D eigenvalue weighted by Crippen LogP contribution is 2.19. The first kappa shape index (κ1) is 17.8. The van der Waals surface area contributed by atoms with Crippen molar-refractivity contribution in [1.29, 1.82) is 0 Å². The number of ether oxygens (including phenoxy) is 1. The first-order chi connectivity index (χ1) is 10.8. The van der Waals surface area contributed by atoms with Crippen LogP contribution in [0.25, 0.3) is 0 Å². The van der Waals surface area contributed by atoms with Crippen LogP contribution in [0.2, 0.25) is 0 Å². The molecule has 1 aromatic rings. The minimum Gasteiger partial charge on any atom is -0.444 e. The molecule has 0 atom stereocenters. The summed E-state index contributed by atoms with van der Waals surface area (Å²) in [6, 6.07) is 2.84. The number of amides is 1. The Hall–Kier alpha value is -1.56. The molecule has 1 fully saturated rings. The molecule has 0 saturated heterocycles. The van der Waals surface area contributed by atoms with Gasteiger partial charge in [0.1, 0.15) is 5.60 Å². The van der Waals surface area contributed by atoms with Crippen molar-refractivity contribution in [2.24, 2.45) is 7.05 Å². The van der Waals surface area contributed by atoms with E-state index in [1.807, 2.05) is 38.7 Å². The van der Waals surface area contributed by atoms with Crippen molar-refractivity contribution in [2.45, 2.75) is 70.6 Å². The van der Waals surface area contributed by atoms with Gasteiger partial charge in [-0.1, -0.05) is 0 Å². The first-order valence-corrected chi connectivity index (χ1v) is 8.53. The van der Waals surface area contributed by atoms with E-state index in [2.05, 4.69) is 21.8 Å². The average molecular weight is 322 g/mol. The summed E-state index contributed by atoms with van der Waals surface area (Å²) in [4.78, 5) is 11.8. The summed E-state index contributed by atoms with van der Waals surface area (Å²) in [6.45, 7) is 6.62. The Kier molecular flexibility index (Phi) is 6.04. The molecule has 0 bridgehead atoms. The van der Waals surface area contributed by atoms with Crippen molar-refractivity contribution in [3.05, 3.63) is 18.0 Å². The van der Waals surface area contributed by atoms with Crippen LogP contribution in [0.3, 0.4) is 0 Å². The predicted molar refractivity (Wildman–Crippen MR) is 90.3 cm³/mol. The SMILES string of the molecule is Cn1nccc1CCNC1CCC(NC(=O)OC(C)(C)C)CC1. The molecular formula is C17H30N4O2. The van der Waals surface area contributed by atoms with Crippen LogP contribution in [0.15, 0.2) is 12.3 Å². The summed E-state index contributed by atoms with van der Waals surface area (Å²) in [5.41, 5.74) is 0.812. The Balaban J connectivity index is 1.62. The lowest BCUT2D eigenvalue weighted by atomic mass is 9.91. The number of hydrogen-bond donors (Lipinski definition) is 2. The summed E-state index contributed by atoms with van der Waals surface area (Å²) in [5, 5.41) is 10.8. The van der Waals surface area contributed by atoms with Crippen LogP contribution in [0.4, 0.5) is 4.79 Å².